The van der Waals surface area contributed by atoms with Crippen LogP contribution >= 0.6 is 0 Å². The molecule has 0 amide bonds. The van der Waals surface area contributed by atoms with Gasteiger partial charge in [-0.3, -0.25) is 4.68 Å². The Morgan fingerprint density at radius 2 is 2.14 bits per heavy atom. The molecular formula is C15H14N4O3. The second-order valence-electron chi connectivity index (χ2n) is 4.65. The average Bonchev–Trinajstić information content (AvgIpc) is 3.14. The molecule has 1 aromatic carbocycles. The maximum atomic E-state index is 11.9. The predicted molar refractivity (Wildman–Crippen MR) is 78.7 cm³/mol. The second kappa shape index (κ2) is 5.72. The lowest BCUT2D eigenvalue weighted by Gasteiger charge is -2.01. The van der Waals surface area contributed by atoms with Gasteiger partial charge in [-0.1, -0.05) is 18.2 Å². The van der Waals surface area contributed by atoms with Crippen LogP contribution in [0.3, 0.4) is 0 Å². The van der Waals surface area contributed by atoms with Gasteiger partial charge in [0.25, 0.3) is 0 Å². The van der Waals surface area contributed by atoms with Crippen LogP contribution in [0, 0.1) is 0 Å². The lowest BCUT2D eigenvalue weighted by molar-refractivity contribution is 0.0469. The van der Waals surface area contributed by atoms with E-state index < -0.39 is 5.97 Å². The number of nitrogens with two attached hydrogens (primary N) is 1. The van der Waals surface area contributed by atoms with Gasteiger partial charge in [0.05, 0.1) is 6.20 Å². The van der Waals surface area contributed by atoms with E-state index in [-0.39, 0.29) is 18.0 Å². The van der Waals surface area contributed by atoms with Gasteiger partial charge in [0, 0.05) is 12.6 Å². The van der Waals surface area contributed by atoms with Crippen LogP contribution in [0.4, 0.5) is 5.82 Å². The first kappa shape index (κ1) is 13.9. The van der Waals surface area contributed by atoms with Crippen LogP contribution < -0.4 is 5.73 Å². The molecule has 3 aromatic rings. The highest BCUT2D eigenvalue weighted by Gasteiger charge is 2.16. The molecule has 0 aliphatic carbocycles. The number of carbonyl (C=O) groups is 1. The second-order valence-corrected chi connectivity index (χ2v) is 4.65. The molecule has 0 unspecified atom stereocenters. The molecule has 3 rings (SSSR count). The van der Waals surface area contributed by atoms with E-state index in [1.54, 1.807) is 7.05 Å². The predicted octanol–water partition coefficient (Wildman–Crippen LogP) is 2.01. The molecule has 0 aliphatic rings. The molecule has 0 aliphatic heterocycles. The van der Waals surface area contributed by atoms with E-state index in [4.69, 9.17) is 14.9 Å². The average molecular weight is 298 g/mol. The van der Waals surface area contributed by atoms with Crippen LogP contribution in [0.25, 0.3) is 11.5 Å². The van der Waals surface area contributed by atoms with Crippen molar-refractivity contribution in [3.05, 3.63) is 54.0 Å². The summed E-state index contributed by atoms with van der Waals surface area (Å²) in [6.07, 6.45) is 2.83. The van der Waals surface area contributed by atoms with Gasteiger partial charge >= 0.3 is 5.97 Å². The zero-order valence-electron chi connectivity index (χ0n) is 11.9. The zero-order chi connectivity index (χ0) is 15.5. The Hall–Kier alpha value is -3.09. The molecule has 0 bridgehead atoms. The molecular weight excluding hydrogens is 284 g/mol. The minimum Gasteiger partial charge on any atom is -0.455 e. The van der Waals surface area contributed by atoms with Crippen molar-refractivity contribution in [2.24, 2.45) is 7.05 Å². The van der Waals surface area contributed by atoms with Crippen molar-refractivity contribution < 1.29 is 13.9 Å². The molecule has 2 N–H and O–H groups in total. The SMILES string of the molecule is Cn1ncc(C(=O)OCc2coc(-c3ccccc3)n2)c1N. The van der Waals surface area contributed by atoms with E-state index in [9.17, 15) is 4.79 Å². The number of hydrogen-bond donors (Lipinski definition) is 1. The Labute approximate surface area is 126 Å². The van der Waals surface area contributed by atoms with Crippen LogP contribution in [-0.4, -0.2) is 20.7 Å². The summed E-state index contributed by atoms with van der Waals surface area (Å²) in [6, 6.07) is 9.47. The standard InChI is InChI=1S/C15H14N4O3/c1-19-13(16)12(7-17-19)15(20)22-9-11-8-21-14(18-11)10-5-3-2-4-6-10/h2-8H,9,16H2,1H3. The molecule has 0 fully saturated rings. The lowest BCUT2D eigenvalue weighted by atomic mass is 10.2. The number of aryl methyl sites for hydroxylation is 1. The van der Waals surface area contributed by atoms with E-state index in [1.807, 2.05) is 30.3 Å². The minimum atomic E-state index is -0.546. The number of anilines is 1. The van der Waals surface area contributed by atoms with E-state index >= 15 is 0 Å². The summed E-state index contributed by atoms with van der Waals surface area (Å²) in [5.41, 5.74) is 7.33. The summed E-state index contributed by atoms with van der Waals surface area (Å²) in [4.78, 5) is 16.2. The highest BCUT2D eigenvalue weighted by atomic mass is 16.5. The normalized spacial score (nSPS) is 10.6. The topological polar surface area (TPSA) is 96.2 Å². The Bertz CT molecular complexity index is 792. The molecule has 112 valence electrons. The number of ether oxygens (including phenoxy) is 1. The summed E-state index contributed by atoms with van der Waals surface area (Å²) in [5.74, 6) is 0.192. The van der Waals surface area contributed by atoms with Gasteiger partial charge in [0.2, 0.25) is 5.89 Å². The Morgan fingerprint density at radius 3 is 2.82 bits per heavy atom. The molecule has 0 atom stereocenters. The first-order valence-corrected chi connectivity index (χ1v) is 6.59. The quantitative estimate of drug-likeness (QED) is 0.740. The summed E-state index contributed by atoms with van der Waals surface area (Å²) in [6.45, 7) is 0.00347. The van der Waals surface area contributed by atoms with E-state index in [2.05, 4.69) is 10.1 Å². The maximum absolute atomic E-state index is 11.9. The maximum Gasteiger partial charge on any atom is 0.343 e. The van der Waals surface area contributed by atoms with Gasteiger partial charge in [-0.15, -0.1) is 0 Å². The number of hydrogen-bond acceptors (Lipinski definition) is 6. The fourth-order valence-electron chi connectivity index (χ4n) is 1.91. The van der Waals surface area contributed by atoms with Crippen molar-refractivity contribution in [2.75, 3.05) is 5.73 Å². The van der Waals surface area contributed by atoms with Gasteiger partial charge in [-0.05, 0) is 12.1 Å². The van der Waals surface area contributed by atoms with Crippen molar-refractivity contribution in [3.63, 3.8) is 0 Å². The number of carbonyl (C=O) groups excluding carboxylic acids is 1. The van der Waals surface area contributed by atoms with Crippen molar-refractivity contribution in [2.45, 2.75) is 6.61 Å². The summed E-state index contributed by atoms with van der Waals surface area (Å²) in [7, 11) is 1.65. The van der Waals surface area contributed by atoms with Crippen molar-refractivity contribution >= 4 is 11.8 Å². The molecule has 0 spiro atoms. The molecule has 0 radical (unpaired) electrons. The third-order valence-corrected chi connectivity index (χ3v) is 3.13. The number of rotatable bonds is 4. The van der Waals surface area contributed by atoms with Crippen LogP contribution in [0.15, 0.2) is 47.2 Å². The van der Waals surface area contributed by atoms with Crippen LogP contribution in [0.2, 0.25) is 0 Å². The highest BCUT2D eigenvalue weighted by Crippen LogP contribution is 2.19. The fraction of sp³-hybridized carbons (Fsp3) is 0.133. The molecule has 2 aromatic heterocycles. The number of benzene rings is 1. The fourth-order valence-corrected chi connectivity index (χ4v) is 1.91. The minimum absolute atomic E-state index is 0.00347. The lowest BCUT2D eigenvalue weighted by Crippen LogP contribution is -2.08. The molecule has 0 saturated heterocycles. The van der Waals surface area contributed by atoms with Crippen molar-refractivity contribution in [1.82, 2.24) is 14.8 Å². The van der Waals surface area contributed by atoms with Gasteiger partial charge in [0.15, 0.2) is 0 Å². The Morgan fingerprint density at radius 1 is 1.36 bits per heavy atom. The Balaban J connectivity index is 1.66. The molecule has 2 heterocycles. The summed E-state index contributed by atoms with van der Waals surface area (Å²) in [5, 5.41) is 3.89. The van der Waals surface area contributed by atoms with Crippen LogP contribution in [-0.2, 0) is 18.4 Å². The number of aromatic nitrogens is 3. The number of esters is 1. The first-order chi connectivity index (χ1) is 10.6. The van der Waals surface area contributed by atoms with Crippen molar-refractivity contribution in [3.8, 4) is 11.5 Å². The Kier molecular flexibility index (Phi) is 3.61. The van der Waals surface area contributed by atoms with Gasteiger partial charge < -0.3 is 14.9 Å². The molecule has 22 heavy (non-hydrogen) atoms. The largest absolute Gasteiger partial charge is 0.455 e. The molecule has 0 saturated carbocycles. The smallest absolute Gasteiger partial charge is 0.343 e. The first-order valence-electron chi connectivity index (χ1n) is 6.59. The van der Waals surface area contributed by atoms with Gasteiger partial charge in [-0.25, -0.2) is 9.78 Å². The van der Waals surface area contributed by atoms with E-state index in [1.165, 1.54) is 17.1 Å². The van der Waals surface area contributed by atoms with Crippen LogP contribution in [0.1, 0.15) is 16.1 Å². The monoisotopic (exact) mass is 298 g/mol. The van der Waals surface area contributed by atoms with Crippen LogP contribution in [0.5, 0.6) is 0 Å². The highest BCUT2D eigenvalue weighted by molar-refractivity contribution is 5.93. The third-order valence-electron chi connectivity index (χ3n) is 3.13. The number of nitrogens with zero attached hydrogens (tertiary/aromatic N) is 3. The molecule has 7 heteroatoms. The number of oxazole rings is 1. The molecule has 7 nitrogen and oxygen atoms in total. The van der Waals surface area contributed by atoms with Gasteiger partial charge in [0.1, 0.15) is 29.9 Å². The van der Waals surface area contributed by atoms with Gasteiger partial charge in [-0.2, -0.15) is 5.10 Å². The summed E-state index contributed by atoms with van der Waals surface area (Å²) < 4.78 is 11.9. The van der Waals surface area contributed by atoms with Crippen molar-refractivity contribution in [1.29, 1.82) is 0 Å². The summed E-state index contributed by atoms with van der Waals surface area (Å²) >= 11 is 0. The zero-order valence-corrected chi connectivity index (χ0v) is 11.9. The number of nitrogen functional groups attached to an aromatic ring is 1. The van der Waals surface area contributed by atoms with E-state index in [0.717, 1.165) is 5.56 Å². The third kappa shape index (κ3) is 2.69. The van der Waals surface area contributed by atoms with E-state index in [0.29, 0.717) is 11.6 Å².